The van der Waals surface area contributed by atoms with E-state index in [0.717, 1.165) is 50.0 Å². The number of aromatic nitrogens is 2. The fourth-order valence-corrected chi connectivity index (χ4v) is 6.18. The quantitative estimate of drug-likeness (QED) is 0.300. The van der Waals surface area contributed by atoms with Crippen molar-refractivity contribution in [1.29, 1.82) is 5.41 Å². The number of rotatable bonds is 8. The summed E-state index contributed by atoms with van der Waals surface area (Å²) in [7, 11) is 0. The van der Waals surface area contributed by atoms with E-state index in [2.05, 4.69) is 20.6 Å². The van der Waals surface area contributed by atoms with Gasteiger partial charge in [-0.05, 0) is 68.5 Å². The molecule has 2 aliphatic heterocycles. The Hall–Kier alpha value is -4.31. The second-order valence-electron chi connectivity index (χ2n) is 12.1. The molecule has 2 aromatic heterocycles. The van der Waals surface area contributed by atoms with E-state index < -0.39 is 5.41 Å². The fraction of sp³-hybridized carbons (Fsp3) is 0.406. The van der Waals surface area contributed by atoms with Gasteiger partial charge in [-0.25, -0.2) is 9.97 Å². The predicted molar refractivity (Wildman–Crippen MR) is 162 cm³/mol. The summed E-state index contributed by atoms with van der Waals surface area (Å²) in [5.41, 5.74) is 9.62. The number of anilines is 3. The maximum Gasteiger partial charge on any atom is 0.256 e. The van der Waals surface area contributed by atoms with E-state index in [1.54, 1.807) is 36.7 Å². The van der Waals surface area contributed by atoms with Gasteiger partial charge in [-0.1, -0.05) is 19.1 Å². The van der Waals surface area contributed by atoms with Gasteiger partial charge in [-0.15, -0.1) is 0 Å². The molecule has 2 saturated heterocycles. The van der Waals surface area contributed by atoms with Gasteiger partial charge >= 0.3 is 0 Å². The average Bonchev–Trinajstić information content (AvgIpc) is 3.64. The first kappa shape index (κ1) is 27.8. The average molecular weight is 568 g/mol. The second kappa shape index (κ2) is 10.8. The van der Waals surface area contributed by atoms with Crippen molar-refractivity contribution >= 4 is 34.8 Å². The van der Waals surface area contributed by atoms with E-state index in [0.29, 0.717) is 35.7 Å². The first-order valence-corrected chi connectivity index (χ1v) is 14.6. The molecule has 2 atom stereocenters. The van der Waals surface area contributed by atoms with Crippen LogP contribution in [0.15, 0.2) is 54.9 Å². The van der Waals surface area contributed by atoms with E-state index in [1.165, 1.54) is 0 Å². The van der Waals surface area contributed by atoms with Gasteiger partial charge in [-0.2, -0.15) is 0 Å². The Bertz CT molecular complexity index is 1540. The van der Waals surface area contributed by atoms with Crippen LogP contribution in [0.2, 0.25) is 0 Å². The number of piperidine rings is 1. The lowest BCUT2D eigenvalue weighted by atomic mass is 9.84. The highest BCUT2D eigenvalue weighted by Crippen LogP contribution is 2.54. The zero-order chi connectivity index (χ0) is 29.5. The third kappa shape index (κ3) is 5.22. The Morgan fingerprint density at radius 3 is 2.57 bits per heavy atom. The molecule has 3 fully saturated rings. The molecule has 0 radical (unpaired) electrons. The number of nitrogen functional groups attached to an aromatic ring is 1. The van der Waals surface area contributed by atoms with E-state index in [4.69, 9.17) is 15.9 Å². The number of nitrogens with two attached hydrogens (primary N) is 1. The van der Waals surface area contributed by atoms with Crippen molar-refractivity contribution in [2.24, 2.45) is 10.8 Å². The van der Waals surface area contributed by atoms with Gasteiger partial charge in [-0.3, -0.25) is 15.0 Å². The molecule has 5 N–H and O–H groups in total. The predicted octanol–water partition coefficient (Wildman–Crippen LogP) is 4.12. The summed E-state index contributed by atoms with van der Waals surface area (Å²) < 4.78 is 5.33. The van der Waals surface area contributed by atoms with Gasteiger partial charge in [0.2, 0.25) is 5.91 Å². The maximum atomic E-state index is 13.2. The Morgan fingerprint density at radius 1 is 1.12 bits per heavy atom. The Labute approximate surface area is 245 Å². The van der Waals surface area contributed by atoms with Crippen LogP contribution < -0.4 is 16.4 Å². The van der Waals surface area contributed by atoms with E-state index in [1.807, 2.05) is 36.9 Å². The molecule has 10 heteroatoms. The highest BCUT2D eigenvalue weighted by Gasteiger charge is 2.58. The summed E-state index contributed by atoms with van der Waals surface area (Å²) in [4.78, 5) is 36.5. The normalized spacial score (nSPS) is 22.2. The van der Waals surface area contributed by atoms with Crippen LogP contribution >= 0.6 is 0 Å². The number of ether oxygens (including phenoxy) is 1. The van der Waals surface area contributed by atoms with Gasteiger partial charge in [0.05, 0.1) is 29.9 Å². The molecule has 3 aliphatic rings. The molecule has 1 aliphatic carbocycles. The first-order valence-electron chi connectivity index (χ1n) is 14.6. The van der Waals surface area contributed by atoms with Gasteiger partial charge in [0.15, 0.2) is 0 Å². The number of benzene rings is 1. The number of pyridine rings is 2. The van der Waals surface area contributed by atoms with Gasteiger partial charge in [0.1, 0.15) is 11.6 Å². The van der Waals surface area contributed by atoms with Crippen LogP contribution in [-0.2, 0) is 16.0 Å². The van der Waals surface area contributed by atoms with Crippen LogP contribution in [0.5, 0.6) is 0 Å². The number of likely N-dealkylation sites (tertiary alicyclic amines) is 1. The molecule has 1 unspecified atom stereocenters. The van der Waals surface area contributed by atoms with Crippen molar-refractivity contribution in [3.05, 3.63) is 77.1 Å². The number of carbonyl (C=O) groups is 2. The zero-order valence-corrected chi connectivity index (χ0v) is 24.1. The number of aryl methyl sites for hydroxylation is 1. The summed E-state index contributed by atoms with van der Waals surface area (Å²) in [6, 6.07) is 12.7. The third-order valence-electron chi connectivity index (χ3n) is 8.91. The summed E-state index contributed by atoms with van der Waals surface area (Å²) in [6.45, 7) is 6.54. The van der Waals surface area contributed by atoms with Gasteiger partial charge < -0.3 is 26.0 Å². The number of nitrogens with zero attached hydrogens (tertiary/aromatic N) is 3. The minimum atomic E-state index is -0.397. The van der Waals surface area contributed by atoms with Crippen molar-refractivity contribution in [1.82, 2.24) is 14.9 Å². The summed E-state index contributed by atoms with van der Waals surface area (Å²) in [5, 5.41) is 15.5. The molecule has 1 aromatic carbocycles. The number of hydrogen-bond donors (Lipinski definition) is 4. The third-order valence-corrected chi connectivity index (χ3v) is 8.91. The molecule has 218 valence electrons. The molecule has 6 rings (SSSR count). The smallest absolute Gasteiger partial charge is 0.256 e. The zero-order valence-electron chi connectivity index (χ0n) is 24.1. The topological polar surface area (TPSA) is 146 Å². The van der Waals surface area contributed by atoms with Gasteiger partial charge in [0, 0.05) is 53.8 Å². The molecule has 2 amide bonds. The largest absolute Gasteiger partial charge is 0.383 e. The molecular formula is C32H37N7O3. The van der Waals surface area contributed by atoms with Crippen LogP contribution in [0.3, 0.4) is 0 Å². The Balaban J connectivity index is 1.14. The lowest BCUT2D eigenvalue weighted by molar-refractivity contribution is -0.170. The minimum Gasteiger partial charge on any atom is -0.383 e. The van der Waals surface area contributed by atoms with E-state index in [9.17, 15) is 9.59 Å². The molecule has 1 spiro atoms. The van der Waals surface area contributed by atoms with Crippen molar-refractivity contribution < 1.29 is 14.3 Å². The second-order valence-corrected chi connectivity index (χ2v) is 12.1. The molecule has 1 saturated carbocycles. The first-order chi connectivity index (χ1) is 20.2. The molecule has 10 nitrogen and oxygen atoms in total. The van der Waals surface area contributed by atoms with Gasteiger partial charge in [0.25, 0.3) is 5.91 Å². The Kier molecular flexibility index (Phi) is 7.18. The SMILES string of the molecule is CCc1ccnc(NC(=O)c2ccc(C(=N)c3c(N[C@H]4CC45CCCN(C(=O)C4(C)COC4)C5)ccnc3N)cc2)c1. The lowest BCUT2D eigenvalue weighted by Gasteiger charge is -2.43. The molecule has 4 heterocycles. The van der Waals surface area contributed by atoms with Crippen LogP contribution in [-0.4, -0.2) is 64.7 Å². The number of nitrogens with one attached hydrogen (secondary N) is 3. The highest BCUT2D eigenvalue weighted by molar-refractivity contribution is 6.17. The molecule has 0 bridgehead atoms. The minimum absolute atomic E-state index is 0.0207. The number of hydrogen-bond acceptors (Lipinski definition) is 8. The summed E-state index contributed by atoms with van der Waals surface area (Å²) in [6.07, 6.45) is 7.16. The van der Waals surface area contributed by atoms with E-state index in [-0.39, 0.29) is 34.8 Å². The van der Waals surface area contributed by atoms with E-state index >= 15 is 0 Å². The highest BCUT2D eigenvalue weighted by atomic mass is 16.5. The molecule has 3 aromatic rings. The monoisotopic (exact) mass is 567 g/mol. The number of carbonyl (C=O) groups excluding carboxylic acids is 2. The lowest BCUT2D eigenvalue weighted by Crippen LogP contribution is -2.56. The van der Waals surface area contributed by atoms with Crippen LogP contribution in [0.25, 0.3) is 0 Å². The Morgan fingerprint density at radius 2 is 1.86 bits per heavy atom. The van der Waals surface area contributed by atoms with Crippen molar-refractivity contribution in [3.8, 4) is 0 Å². The van der Waals surface area contributed by atoms with Crippen LogP contribution in [0.1, 0.15) is 60.2 Å². The maximum absolute atomic E-state index is 13.2. The molecule has 42 heavy (non-hydrogen) atoms. The van der Waals surface area contributed by atoms with Crippen molar-refractivity contribution in [2.75, 3.05) is 42.7 Å². The summed E-state index contributed by atoms with van der Waals surface area (Å²) >= 11 is 0. The van der Waals surface area contributed by atoms with Crippen LogP contribution in [0, 0.1) is 16.2 Å². The fourth-order valence-electron chi connectivity index (χ4n) is 6.18. The van der Waals surface area contributed by atoms with Crippen molar-refractivity contribution in [3.63, 3.8) is 0 Å². The van der Waals surface area contributed by atoms with Crippen LogP contribution in [0.4, 0.5) is 17.3 Å². The standard InChI is InChI=1S/C32H37N7O3/c1-3-20-9-12-35-25(15-20)38-29(40)22-7-5-21(6-8-22)27(33)26-23(10-13-36-28(26)34)37-24-16-32(24)11-4-14-39(17-32)30(41)31(2)18-42-19-31/h5-10,12-13,15,24,33H,3-4,11,14,16-19H2,1-2H3,(H3,34,36,37)(H,35,38,40)/t24-,32?/m0/s1. The summed E-state index contributed by atoms with van der Waals surface area (Å²) in [5.74, 6) is 0.693. The molecular weight excluding hydrogens is 530 g/mol. The van der Waals surface area contributed by atoms with Crippen molar-refractivity contribution in [2.45, 2.75) is 45.6 Å². The number of amides is 2.